The van der Waals surface area contributed by atoms with Crippen LogP contribution in [0.15, 0.2) is 52.9 Å². The number of ketones is 1. The number of carbonyl (C=O) groups is 3. The van der Waals surface area contributed by atoms with Gasteiger partial charge in [0.05, 0.1) is 11.1 Å². The number of hydrogen-bond acceptors (Lipinski definition) is 5. The molecule has 140 valence electrons. The molecule has 0 radical (unpaired) electrons. The van der Waals surface area contributed by atoms with Gasteiger partial charge in [-0.25, -0.2) is 4.79 Å². The first-order valence-electron chi connectivity index (χ1n) is 8.34. The van der Waals surface area contributed by atoms with Crippen LogP contribution in [0.1, 0.15) is 33.5 Å². The molecule has 0 saturated heterocycles. The lowest BCUT2D eigenvalue weighted by atomic mass is 10.0. The summed E-state index contributed by atoms with van der Waals surface area (Å²) in [6, 6.07) is 13.3. The molecular weight excluding hydrogens is 362 g/mol. The van der Waals surface area contributed by atoms with Crippen LogP contribution in [-0.2, 0) is 4.79 Å². The molecule has 4 aromatic rings. The van der Waals surface area contributed by atoms with Gasteiger partial charge in [0.1, 0.15) is 5.58 Å². The smallest absolute Gasteiger partial charge is 0.355 e. The van der Waals surface area contributed by atoms with Gasteiger partial charge < -0.3 is 20.7 Å². The monoisotopic (exact) mass is 377 g/mol. The molecule has 0 saturated carbocycles. The predicted molar refractivity (Wildman–Crippen MR) is 103 cm³/mol. The summed E-state index contributed by atoms with van der Waals surface area (Å²) in [7, 11) is 0. The topological polar surface area (TPSA) is 128 Å². The van der Waals surface area contributed by atoms with Crippen molar-refractivity contribution in [1.82, 2.24) is 4.68 Å². The van der Waals surface area contributed by atoms with Crippen LogP contribution in [0.2, 0.25) is 0 Å². The zero-order valence-corrected chi connectivity index (χ0v) is 14.7. The summed E-state index contributed by atoms with van der Waals surface area (Å²) in [5.41, 5.74) is 0.807. The number of hydrogen-bond donors (Lipinski definition) is 3. The fourth-order valence-corrected chi connectivity index (χ4v) is 3.25. The minimum Gasteiger partial charge on any atom is -0.476 e. The van der Waals surface area contributed by atoms with Crippen molar-refractivity contribution in [3.63, 3.8) is 0 Å². The van der Waals surface area contributed by atoms with Gasteiger partial charge >= 0.3 is 5.97 Å². The number of aromatic carboxylic acids is 1. The molecule has 2 aromatic carbocycles. The van der Waals surface area contributed by atoms with Gasteiger partial charge in [0.25, 0.3) is 0 Å². The fourth-order valence-electron chi connectivity index (χ4n) is 3.25. The third kappa shape index (κ3) is 2.67. The van der Waals surface area contributed by atoms with E-state index in [1.807, 2.05) is 0 Å². The van der Waals surface area contributed by atoms with E-state index < -0.39 is 11.8 Å². The van der Waals surface area contributed by atoms with E-state index in [-0.39, 0.29) is 22.9 Å². The molecule has 0 aliphatic carbocycles. The lowest BCUT2D eigenvalue weighted by Crippen LogP contribution is -2.18. The number of nitrogens with one attached hydrogen (secondary N) is 1. The van der Waals surface area contributed by atoms with Crippen molar-refractivity contribution in [2.75, 3.05) is 11.2 Å². The molecule has 0 fully saturated rings. The van der Waals surface area contributed by atoms with E-state index in [4.69, 9.17) is 10.3 Å². The molecule has 0 spiro atoms. The van der Waals surface area contributed by atoms with Crippen molar-refractivity contribution in [1.29, 1.82) is 0 Å². The number of carboxylic acid groups (broad SMARTS) is 1. The number of aromatic nitrogens is 1. The zero-order chi connectivity index (χ0) is 20.0. The molecule has 4 rings (SSSR count). The third-order valence-corrected chi connectivity index (χ3v) is 4.40. The number of amides is 1. The van der Waals surface area contributed by atoms with Crippen molar-refractivity contribution in [3.05, 3.63) is 65.5 Å². The minimum atomic E-state index is -1.35. The molecule has 28 heavy (non-hydrogen) atoms. The highest BCUT2D eigenvalue weighted by Gasteiger charge is 2.29. The SMILES string of the molecule is CC(=O)Nc1ccc2c(c1)c(C(=O)c1cc3ccccc3o1)c(C(=O)O)n2N. The minimum absolute atomic E-state index is 0.00105. The van der Waals surface area contributed by atoms with E-state index in [0.29, 0.717) is 22.2 Å². The average molecular weight is 377 g/mol. The molecule has 0 aliphatic heterocycles. The van der Waals surface area contributed by atoms with E-state index >= 15 is 0 Å². The van der Waals surface area contributed by atoms with E-state index in [1.165, 1.54) is 13.0 Å². The van der Waals surface area contributed by atoms with Gasteiger partial charge in [-0.15, -0.1) is 0 Å². The summed E-state index contributed by atoms with van der Waals surface area (Å²) in [5.74, 6) is 3.70. The first kappa shape index (κ1) is 17.3. The average Bonchev–Trinajstić information content (AvgIpc) is 3.19. The van der Waals surface area contributed by atoms with Gasteiger partial charge in [0.2, 0.25) is 11.7 Å². The van der Waals surface area contributed by atoms with Crippen molar-refractivity contribution < 1.29 is 23.9 Å². The second-order valence-corrected chi connectivity index (χ2v) is 6.29. The van der Waals surface area contributed by atoms with Crippen molar-refractivity contribution in [2.24, 2.45) is 0 Å². The lowest BCUT2D eigenvalue weighted by molar-refractivity contribution is -0.114. The maximum Gasteiger partial charge on any atom is 0.355 e. The van der Waals surface area contributed by atoms with Crippen molar-refractivity contribution in [2.45, 2.75) is 6.92 Å². The Hall–Kier alpha value is -4.07. The highest BCUT2D eigenvalue weighted by Crippen LogP contribution is 2.31. The molecule has 2 aromatic heterocycles. The Bertz CT molecular complexity index is 1250. The van der Waals surface area contributed by atoms with Crippen LogP contribution in [0.3, 0.4) is 0 Å². The third-order valence-electron chi connectivity index (χ3n) is 4.40. The van der Waals surface area contributed by atoms with Crippen LogP contribution >= 0.6 is 0 Å². The van der Waals surface area contributed by atoms with Crippen LogP contribution in [-0.4, -0.2) is 27.4 Å². The zero-order valence-electron chi connectivity index (χ0n) is 14.7. The number of rotatable bonds is 4. The number of carboxylic acids is 1. The Labute approximate surface area is 158 Å². The number of anilines is 1. The summed E-state index contributed by atoms with van der Waals surface area (Å²) >= 11 is 0. The molecule has 0 unspecified atom stereocenters. The molecule has 0 atom stereocenters. The second kappa shape index (κ2) is 6.27. The first-order chi connectivity index (χ1) is 13.4. The van der Waals surface area contributed by atoms with Crippen molar-refractivity contribution >= 4 is 45.2 Å². The Kier molecular flexibility index (Phi) is 3.89. The highest BCUT2D eigenvalue weighted by molar-refractivity contribution is 6.21. The number of furan rings is 1. The standard InChI is InChI=1S/C20H15N3O5/c1-10(24)22-12-6-7-14-13(9-12)17(18(20(26)27)23(14)21)19(25)16-8-11-4-2-3-5-15(11)28-16/h2-9H,21H2,1H3,(H,22,24)(H,26,27). The number of benzene rings is 2. The number of para-hydroxylation sites is 1. The van der Waals surface area contributed by atoms with Gasteiger partial charge in [-0.1, -0.05) is 18.2 Å². The summed E-state index contributed by atoms with van der Waals surface area (Å²) < 4.78 is 6.56. The summed E-state index contributed by atoms with van der Waals surface area (Å²) in [5, 5.41) is 13.3. The Morgan fingerprint density at radius 3 is 2.54 bits per heavy atom. The molecule has 0 aliphatic rings. The Morgan fingerprint density at radius 1 is 1.11 bits per heavy atom. The molecule has 1 amide bonds. The number of nitrogen functional groups attached to an aromatic ring is 1. The number of nitrogens with two attached hydrogens (primary N) is 1. The predicted octanol–water partition coefficient (Wildman–Crippen LogP) is 2.99. The number of nitrogens with zero attached hydrogens (tertiary/aromatic N) is 1. The second-order valence-electron chi connectivity index (χ2n) is 6.29. The Balaban J connectivity index is 1.96. The largest absolute Gasteiger partial charge is 0.476 e. The van der Waals surface area contributed by atoms with Gasteiger partial charge in [-0.05, 0) is 30.3 Å². The summed E-state index contributed by atoms with van der Waals surface area (Å²) in [6.07, 6.45) is 0. The van der Waals surface area contributed by atoms with Crippen LogP contribution in [0.25, 0.3) is 21.9 Å². The molecule has 8 nitrogen and oxygen atoms in total. The van der Waals surface area contributed by atoms with Gasteiger partial charge in [-0.3, -0.25) is 14.3 Å². The molecule has 8 heteroatoms. The van der Waals surface area contributed by atoms with Crippen LogP contribution in [0.5, 0.6) is 0 Å². The number of carbonyl (C=O) groups excluding carboxylic acids is 2. The normalized spacial score (nSPS) is 11.0. The van der Waals surface area contributed by atoms with Gasteiger partial charge in [0, 0.05) is 23.4 Å². The quantitative estimate of drug-likeness (QED) is 0.370. The molecule has 2 heterocycles. The van der Waals surface area contributed by atoms with Crippen LogP contribution < -0.4 is 11.2 Å². The van der Waals surface area contributed by atoms with E-state index in [0.717, 1.165) is 10.1 Å². The van der Waals surface area contributed by atoms with E-state index in [2.05, 4.69) is 5.32 Å². The van der Waals surface area contributed by atoms with Crippen LogP contribution in [0.4, 0.5) is 5.69 Å². The first-order valence-corrected chi connectivity index (χ1v) is 8.34. The lowest BCUT2D eigenvalue weighted by Gasteiger charge is -2.03. The van der Waals surface area contributed by atoms with Crippen molar-refractivity contribution in [3.8, 4) is 0 Å². The van der Waals surface area contributed by atoms with Gasteiger partial charge in [-0.2, -0.15) is 0 Å². The highest BCUT2D eigenvalue weighted by atomic mass is 16.4. The molecule has 4 N–H and O–H groups in total. The molecule has 0 bridgehead atoms. The summed E-state index contributed by atoms with van der Waals surface area (Å²) in [4.78, 5) is 36.4. The maximum absolute atomic E-state index is 13.2. The van der Waals surface area contributed by atoms with E-state index in [1.54, 1.807) is 42.5 Å². The summed E-state index contributed by atoms with van der Waals surface area (Å²) in [6.45, 7) is 1.35. The fraction of sp³-hybridized carbons (Fsp3) is 0.0500. The Morgan fingerprint density at radius 2 is 1.86 bits per heavy atom. The van der Waals surface area contributed by atoms with E-state index in [9.17, 15) is 19.5 Å². The maximum atomic E-state index is 13.2. The van der Waals surface area contributed by atoms with Crippen LogP contribution in [0, 0.1) is 0 Å². The van der Waals surface area contributed by atoms with Gasteiger partial charge in [0.15, 0.2) is 11.5 Å². The number of fused-ring (bicyclic) bond motifs is 2. The molecular formula is C20H15N3O5.